The second kappa shape index (κ2) is 4.91. The number of hydrogen-bond donors (Lipinski definition) is 1. The molecule has 0 amide bonds. The Balaban J connectivity index is 3.07. The Hall–Kier alpha value is -1.16. The molecule has 0 unspecified atom stereocenters. The number of carbonyl (C=O) groups is 1. The van der Waals surface area contributed by atoms with E-state index in [0.717, 1.165) is 12.1 Å². The average molecular weight is 211 g/mol. The van der Waals surface area contributed by atoms with E-state index in [4.69, 9.17) is 17.0 Å². The van der Waals surface area contributed by atoms with Gasteiger partial charge >= 0.3 is 5.97 Å². The second-order valence-electron chi connectivity index (χ2n) is 2.79. The number of aryl methyl sites for hydroxylation is 1. The van der Waals surface area contributed by atoms with Crippen LogP contribution in [-0.4, -0.2) is 17.6 Å². The van der Waals surface area contributed by atoms with Crippen LogP contribution in [0.1, 0.15) is 29.9 Å². The Morgan fingerprint density at radius 1 is 1.50 bits per heavy atom. The highest BCUT2D eigenvalue weighted by molar-refractivity contribution is 7.71. The molecule has 0 saturated carbocycles. The van der Waals surface area contributed by atoms with Gasteiger partial charge in [-0.1, -0.05) is 19.1 Å². The van der Waals surface area contributed by atoms with Gasteiger partial charge in [-0.15, -0.1) is 0 Å². The molecule has 4 heteroatoms. The van der Waals surface area contributed by atoms with E-state index in [1.54, 1.807) is 19.1 Å². The Labute approximate surface area is 88.1 Å². The fourth-order valence-electron chi connectivity index (χ4n) is 1.20. The topological polar surface area (TPSA) is 42.1 Å². The van der Waals surface area contributed by atoms with Gasteiger partial charge in [0.25, 0.3) is 0 Å². The van der Waals surface area contributed by atoms with Crippen molar-refractivity contribution < 1.29 is 9.53 Å². The summed E-state index contributed by atoms with van der Waals surface area (Å²) >= 11 is 4.97. The van der Waals surface area contributed by atoms with Gasteiger partial charge in [-0.3, -0.25) is 0 Å². The molecule has 0 saturated heterocycles. The zero-order chi connectivity index (χ0) is 10.6. The van der Waals surface area contributed by atoms with Gasteiger partial charge in [0, 0.05) is 5.69 Å². The smallest absolute Gasteiger partial charge is 0.339 e. The molecule has 76 valence electrons. The zero-order valence-electron chi connectivity index (χ0n) is 8.29. The fraction of sp³-hybridized carbons (Fsp3) is 0.400. The lowest BCUT2D eigenvalue weighted by molar-refractivity contribution is 0.0524. The Bertz CT molecular complexity index is 384. The number of H-pyrrole nitrogens is 1. The quantitative estimate of drug-likeness (QED) is 0.617. The van der Waals surface area contributed by atoms with E-state index in [1.807, 2.05) is 6.92 Å². The monoisotopic (exact) mass is 211 g/mol. The van der Waals surface area contributed by atoms with Gasteiger partial charge in [-0.05, 0) is 25.5 Å². The number of carbonyl (C=O) groups excluding carboxylic acids is 1. The van der Waals surface area contributed by atoms with E-state index < -0.39 is 0 Å². The summed E-state index contributed by atoms with van der Waals surface area (Å²) in [7, 11) is 0. The van der Waals surface area contributed by atoms with Crippen molar-refractivity contribution in [1.29, 1.82) is 0 Å². The summed E-state index contributed by atoms with van der Waals surface area (Å²) in [6.45, 7) is 4.13. The minimum Gasteiger partial charge on any atom is -0.462 e. The summed E-state index contributed by atoms with van der Waals surface area (Å²) in [6.07, 6.45) is 0.735. The molecular formula is C10H13NO2S. The van der Waals surface area contributed by atoms with Crippen LogP contribution in [0.4, 0.5) is 0 Å². The van der Waals surface area contributed by atoms with Gasteiger partial charge in [0.1, 0.15) is 4.64 Å². The van der Waals surface area contributed by atoms with Crippen LogP contribution in [0.25, 0.3) is 0 Å². The number of rotatable bonds is 3. The summed E-state index contributed by atoms with van der Waals surface area (Å²) < 4.78 is 5.55. The van der Waals surface area contributed by atoms with Crippen molar-refractivity contribution in [3.8, 4) is 0 Å². The van der Waals surface area contributed by atoms with E-state index in [1.165, 1.54) is 0 Å². The van der Waals surface area contributed by atoms with Gasteiger partial charge in [-0.2, -0.15) is 0 Å². The first-order chi connectivity index (χ1) is 6.69. The molecule has 0 radical (unpaired) electrons. The molecule has 14 heavy (non-hydrogen) atoms. The predicted octanol–water partition coefficient (Wildman–Crippen LogP) is 2.48. The fourth-order valence-corrected chi connectivity index (χ4v) is 1.39. The van der Waals surface area contributed by atoms with Crippen LogP contribution >= 0.6 is 12.2 Å². The third kappa shape index (κ3) is 2.42. The molecule has 1 rings (SSSR count). The molecule has 0 atom stereocenters. The molecule has 0 aliphatic heterocycles. The van der Waals surface area contributed by atoms with Crippen LogP contribution in [0.3, 0.4) is 0 Å². The summed E-state index contributed by atoms with van der Waals surface area (Å²) in [5.41, 5.74) is 1.40. The predicted molar refractivity (Wildman–Crippen MR) is 57.0 cm³/mol. The molecular weight excluding hydrogens is 198 g/mol. The maximum atomic E-state index is 11.5. The molecule has 0 fully saturated rings. The maximum absolute atomic E-state index is 11.5. The van der Waals surface area contributed by atoms with Gasteiger partial charge in [0.05, 0.1) is 12.2 Å². The lowest BCUT2D eigenvalue weighted by Crippen LogP contribution is -2.09. The molecule has 0 aliphatic rings. The molecule has 0 bridgehead atoms. The van der Waals surface area contributed by atoms with Gasteiger partial charge < -0.3 is 9.72 Å². The summed E-state index contributed by atoms with van der Waals surface area (Å²) in [4.78, 5) is 14.4. The minimum absolute atomic E-state index is 0.296. The van der Waals surface area contributed by atoms with Crippen molar-refractivity contribution in [1.82, 2.24) is 4.98 Å². The summed E-state index contributed by atoms with van der Waals surface area (Å²) in [6, 6.07) is 3.40. The summed E-state index contributed by atoms with van der Waals surface area (Å²) in [5, 5.41) is 0. The molecule has 1 heterocycles. The number of pyridine rings is 1. The van der Waals surface area contributed by atoms with Gasteiger partial charge in [-0.25, -0.2) is 4.79 Å². The van der Waals surface area contributed by atoms with Crippen LogP contribution in [-0.2, 0) is 11.2 Å². The highest BCUT2D eigenvalue weighted by Gasteiger charge is 2.10. The number of aromatic amines is 1. The highest BCUT2D eigenvalue weighted by atomic mass is 32.1. The van der Waals surface area contributed by atoms with Crippen molar-refractivity contribution in [2.75, 3.05) is 6.61 Å². The number of aromatic nitrogens is 1. The maximum Gasteiger partial charge on any atom is 0.339 e. The number of esters is 1. The van der Waals surface area contributed by atoms with Gasteiger partial charge in [0.2, 0.25) is 0 Å². The average Bonchev–Trinajstić information content (AvgIpc) is 2.17. The van der Waals surface area contributed by atoms with E-state index >= 15 is 0 Å². The van der Waals surface area contributed by atoms with Crippen molar-refractivity contribution >= 4 is 18.2 Å². The van der Waals surface area contributed by atoms with Crippen molar-refractivity contribution in [3.05, 3.63) is 28.0 Å². The molecule has 0 aliphatic carbocycles. The van der Waals surface area contributed by atoms with Crippen LogP contribution in [0.2, 0.25) is 0 Å². The van der Waals surface area contributed by atoms with E-state index in [9.17, 15) is 4.79 Å². The minimum atomic E-state index is -0.296. The molecule has 0 aromatic carbocycles. The lowest BCUT2D eigenvalue weighted by Gasteiger charge is -2.06. The molecule has 1 N–H and O–H groups in total. The zero-order valence-corrected chi connectivity index (χ0v) is 9.11. The molecule has 1 aromatic heterocycles. The first-order valence-electron chi connectivity index (χ1n) is 4.58. The van der Waals surface area contributed by atoms with Crippen molar-refractivity contribution in [2.45, 2.75) is 20.3 Å². The number of hydrogen-bond acceptors (Lipinski definition) is 3. The highest BCUT2D eigenvalue weighted by Crippen LogP contribution is 2.08. The number of nitrogens with one attached hydrogen (secondary N) is 1. The van der Waals surface area contributed by atoms with Crippen LogP contribution < -0.4 is 0 Å². The largest absolute Gasteiger partial charge is 0.462 e. The normalized spacial score (nSPS) is 9.86. The van der Waals surface area contributed by atoms with E-state index in [0.29, 0.717) is 16.8 Å². The first-order valence-corrected chi connectivity index (χ1v) is 4.99. The Kier molecular flexibility index (Phi) is 3.83. The van der Waals surface area contributed by atoms with Gasteiger partial charge in [0.15, 0.2) is 0 Å². The Morgan fingerprint density at radius 3 is 2.79 bits per heavy atom. The van der Waals surface area contributed by atoms with E-state index in [2.05, 4.69) is 4.98 Å². The van der Waals surface area contributed by atoms with Crippen LogP contribution in [0, 0.1) is 4.64 Å². The lowest BCUT2D eigenvalue weighted by atomic mass is 10.1. The third-order valence-electron chi connectivity index (χ3n) is 1.85. The first kappa shape index (κ1) is 10.9. The second-order valence-corrected chi connectivity index (χ2v) is 3.23. The molecule has 0 spiro atoms. The Morgan fingerprint density at radius 2 is 2.21 bits per heavy atom. The third-order valence-corrected chi connectivity index (χ3v) is 2.09. The number of ether oxygens (including phenoxy) is 1. The summed E-state index contributed by atoms with van der Waals surface area (Å²) in [5.74, 6) is -0.296. The van der Waals surface area contributed by atoms with E-state index in [-0.39, 0.29) is 5.97 Å². The van der Waals surface area contributed by atoms with Crippen molar-refractivity contribution in [2.24, 2.45) is 0 Å². The van der Waals surface area contributed by atoms with Crippen LogP contribution in [0.5, 0.6) is 0 Å². The van der Waals surface area contributed by atoms with Crippen LogP contribution in [0.15, 0.2) is 12.1 Å². The molecule has 3 nitrogen and oxygen atoms in total. The molecule has 1 aromatic rings. The van der Waals surface area contributed by atoms with Crippen molar-refractivity contribution in [3.63, 3.8) is 0 Å². The standard InChI is InChI=1S/C10H13NO2S/c1-3-8-7(10(12)13-4-2)5-6-9(14)11-8/h5-6H,3-4H2,1-2H3,(H,11,14). The SMILES string of the molecule is CCOC(=O)c1ccc(=S)[nH]c1CC.